The third-order valence-electron chi connectivity index (χ3n) is 9.25. The number of thioether (sulfide) groups is 1. The van der Waals surface area contributed by atoms with E-state index < -0.39 is 0 Å². The van der Waals surface area contributed by atoms with Crippen molar-refractivity contribution in [2.24, 2.45) is 0 Å². The van der Waals surface area contributed by atoms with E-state index >= 15 is 0 Å². The summed E-state index contributed by atoms with van der Waals surface area (Å²) in [7, 11) is 4.03. The zero-order chi connectivity index (χ0) is 36.0. The second-order valence-corrected chi connectivity index (χ2v) is 15.5. The van der Waals surface area contributed by atoms with Gasteiger partial charge in [0.05, 0.1) is 0 Å². The van der Waals surface area contributed by atoms with Gasteiger partial charge in [-0.25, -0.2) is 0 Å². The predicted octanol–water partition coefficient (Wildman–Crippen LogP) is 12.9. The normalized spacial score (nSPS) is 11.8. The van der Waals surface area contributed by atoms with Gasteiger partial charge in [0.15, 0.2) is 0 Å². The summed E-state index contributed by atoms with van der Waals surface area (Å²) in [4.78, 5) is 42.0. The van der Waals surface area contributed by atoms with Gasteiger partial charge in [-0.2, -0.15) is 0 Å². The van der Waals surface area contributed by atoms with Gasteiger partial charge < -0.3 is 9.80 Å². The maximum absolute atomic E-state index is 13.0. The average Bonchev–Trinajstić information content (AvgIpc) is 3.08. The molecule has 1 amide bonds. The fourth-order valence-corrected chi connectivity index (χ4v) is 6.99. The summed E-state index contributed by atoms with van der Waals surface area (Å²) in [6.07, 6.45) is 40.6. The number of hydrogen-bond acceptors (Lipinski definition) is 5. The third-order valence-corrected chi connectivity index (χ3v) is 10.1. The van der Waals surface area contributed by atoms with E-state index in [4.69, 9.17) is 0 Å². The van der Waals surface area contributed by atoms with Crippen molar-refractivity contribution in [3.8, 4) is 0 Å². The van der Waals surface area contributed by atoms with Crippen molar-refractivity contribution in [1.29, 1.82) is 0 Å². The van der Waals surface area contributed by atoms with Gasteiger partial charge in [-0.15, -0.1) is 0 Å². The second kappa shape index (κ2) is 37.8. The minimum absolute atomic E-state index is 0.0700. The van der Waals surface area contributed by atoms with Crippen LogP contribution in [-0.4, -0.2) is 66.1 Å². The molecule has 0 saturated carbocycles. The Hall–Kier alpha value is -1.40. The number of ketones is 2. The Labute approximate surface area is 309 Å². The maximum Gasteiger partial charge on any atom is 0.281 e. The van der Waals surface area contributed by atoms with E-state index in [9.17, 15) is 14.4 Å². The zero-order valence-corrected chi connectivity index (χ0v) is 33.8. The number of unbranched alkanes of at least 4 members (excludes halogenated alkanes) is 18. The maximum atomic E-state index is 13.0. The van der Waals surface area contributed by atoms with Crippen LogP contribution >= 0.6 is 11.8 Å². The Morgan fingerprint density at radius 3 is 1.20 bits per heavy atom. The van der Waals surface area contributed by atoms with Crippen molar-refractivity contribution in [1.82, 2.24) is 9.80 Å². The van der Waals surface area contributed by atoms with Crippen molar-refractivity contribution >= 4 is 28.6 Å². The number of amides is 1. The lowest BCUT2D eigenvalue weighted by atomic mass is 10.1. The Morgan fingerprint density at radius 2 is 0.816 bits per heavy atom. The number of allylic oxidation sites excluding steroid dienone is 4. The molecule has 0 aliphatic carbocycles. The first kappa shape index (κ1) is 47.6. The highest BCUT2D eigenvalue weighted by molar-refractivity contribution is 8.13. The smallest absolute Gasteiger partial charge is 0.281 e. The van der Waals surface area contributed by atoms with E-state index in [0.717, 1.165) is 38.0 Å². The molecule has 0 saturated heterocycles. The molecule has 0 aliphatic heterocycles. The first-order chi connectivity index (χ1) is 23.9. The minimum Gasteiger partial charge on any atom is -0.334 e. The number of nitrogens with zero attached hydrogens (tertiary/aromatic N) is 2. The van der Waals surface area contributed by atoms with Crippen LogP contribution in [0.1, 0.15) is 194 Å². The van der Waals surface area contributed by atoms with E-state index in [-0.39, 0.29) is 16.8 Å². The summed E-state index contributed by atoms with van der Waals surface area (Å²) in [6, 6.07) is 0. The molecule has 0 aromatic rings. The molecule has 0 N–H and O–H groups in total. The van der Waals surface area contributed by atoms with Crippen LogP contribution in [0.2, 0.25) is 0 Å². The number of rotatable bonds is 37. The third kappa shape index (κ3) is 36.2. The lowest BCUT2D eigenvalue weighted by Crippen LogP contribution is -2.31. The molecule has 0 fully saturated rings. The van der Waals surface area contributed by atoms with E-state index in [1.807, 2.05) is 19.0 Å². The number of Topliss-reactive ketones (excluding diaryl/α,β-unsaturated/α-hetero) is 2. The van der Waals surface area contributed by atoms with Crippen molar-refractivity contribution in [2.45, 2.75) is 194 Å². The Bertz CT molecular complexity index is 772. The van der Waals surface area contributed by atoms with Crippen LogP contribution in [0.4, 0.5) is 4.79 Å². The molecule has 0 radical (unpaired) electrons. The number of carbonyl (C=O) groups is 3. The highest BCUT2D eigenvalue weighted by Gasteiger charge is 2.15. The molecule has 6 heteroatoms. The van der Waals surface area contributed by atoms with Gasteiger partial charge in [-0.3, -0.25) is 14.4 Å². The van der Waals surface area contributed by atoms with Gasteiger partial charge in [0, 0.05) is 51.1 Å². The summed E-state index contributed by atoms with van der Waals surface area (Å²) in [5.74, 6) is 1.31. The van der Waals surface area contributed by atoms with Gasteiger partial charge in [0.25, 0.3) is 5.24 Å². The van der Waals surface area contributed by atoms with Crippen molar-refractivity contribution in [3.05, 3.63) is 24.3 Å². The zero-order valence-electron chi connectivity index (χ0n) is 33.0. The minimum atomic E-state index is 0.0700. The largest absolute Gasteiger partial charge is 0.334 e. The van der Waals surface area contributed by atoms with Crippen molar-refractivity contribution < 1.29 is 14.4 Å². The van der Waals surface area contributed by atoms with Gasteiger partial charge in [-0.05, 0) is 65.5 Å². The van der Waals surface area contributed by atoms with Crippen LogP contribution in [0.25, 0.3) is 0 Å². The summed E-state index contributed by atoms with van der Waals surface area (Å²) in [6.45, 7) is 6.56. The number of hydrogen-bond donors (Lipinski definition) is 0. The quantitative estimate of drug-likeness (QED) is 0.0476. The summed E-state index contributed by atoms with van der Waals surface area (Å²) in [5.41, 5.74) is 0. The average molecular weight is 705 g/mol. The number of carbonyl (C=O) groups excluding carboxylic acids is 3. The molecule has 0 bridgehead atoms. The molecular weight excluding hydrogens is 625 g/mol. The van der Waals surface area contributed by atoms with Crippen molar-refractivity contribution in [2.75, 3.05) is 39.5 Å². The van der Waals surface area contributed by atoms with E-state index in [2.05, 4.69) is 43.1 Å². The van der Waals surface area contributed by atoms with Gasteiger partial charge >= 0.3 is 0 Å². The summed E-state index contributed by atoms with van der Waals surface area (Å²) in [5, 5.41) is 0.0700. The first-order valence-corrected chi connectivity index (χ1v) is 21.8. The molecule has 0 unspecified atom stereocenters. The fourth-order valence-electron chi connectivity index (χ4n) is 5.99. The Morgan fingerprint density at radius 1 is 0.449 bits per heavy atom. The Balaban J connectivity index is 4.16. The standard InChI is InChI=1S/C43H80N2O3S/c1-5-7-9-11-13-15-17-19-21-23-25-27-29-33-41(46)35-31-37-45(43(48)49-40-39-44(3)4)38-32-36-42(47)34-30-28-26-24-22-20-18-16-14-12-10-8-6-2/h25-28H,5-24,29-40H2,1-4H3/b27-25-,28-26-. The molecule has 0 aliphatic rings. The molecule has 49 heavy (non-hydrogen) atoms. The molecule has 5 nitrogen and oxygen atoms in total. The Kier molecular flexibility index (Phi) is 36.8. The van der Waals surface area contributed by atoms with Gasteiger partial charge in [0.2, 0.25) is 0 Å². The molecule has 0 atom stereocenters. The molecular formula is C43H80N2O3S. The van der Waals surface area contributed by atoms with E-state index in [1.165, 1.54) is 127 Å². The van der Waals surface area contributed by atoms with Crippen LogP contribution in [0.3, 0.4) is 0 Å². The highest BCUT2D eigenvalue weighted by atomic mass is 32.2. The summed E-state index contributed by atoms with van der Waals surface area (Å²) >= 11 is 1.35. The second-order valence-electron chi connectivity index (χ2n) is 14.4. The van der Waals surface area contributed by atoms with Crippen LogP contribution in [0.5, 0.6) is 0 Å². The lowest BCUT2D eigenvalue weighted by Gasteiger charge is -2.22. The predicted molar refractivity (Wildman–Crippen MR) is 217 cm³/mol. The van der Waals surface area contributed by atoms with Crippen LogP contribution < -0.4 is 0 Å². The molecule has 0 heterocycles. The van der Waals surface area contributed by atoms with E-state index in [0.29, 0.717) is 51.6 Å². The molecule has 286 valence electrons. The van der Waals surface area contributed by atoms with Crippen LogP contribution in [0.15, 0.2) is 24.3 Å². The fraction of sp³-hybridized carbons (Fsp3) is 0.837. The summed E-state index contributed by atoms with van der Waals surface area (Å²) < 4.78 is 0. The molecule has 0 aromatic carbocycles. The van der Waals surface area contributed by atoms with Crippen LogP contribution in [0, 0.1) is 0 Å². The van der Waals surface area contributed by atoms with E-state index in [1.54, 1.807) is 0 Å². The first-order valence-electron chi connectivity index (χ1n) is 20.8. The SMILES string of the molecule is CCCCCCCCCCC/C=C\CCC(=O)CCCN(CCCC(=O)CC/C=C\CCCCCCCCCCC)C(=O)SCCN(C)C. The molecule has 0 rings (SSSR count). The lowest BCUT2D eigenvalue weighted by molar-refractivity contribution is -0.119. The molecule has 0 spiro atoms. The monoisotopic (exact) mass is 705 g/mol. The molecule has 0 aromatic heterocycles. The van der Waals surface area contributed by atoms with Crippen molar-refractivity contribution in [3.63, 3.8) is 0 Å². The van der Waals surface area contributed by atoms with Gasteiger partial charge in [-0.1, -0.05) is 153 Å². The highest BCUT2D eigenvalue weighted by Crippen LogP contribution is 2.15. The van der Waals surface area contributed by atoms with Gasteiger partial charge in [0.1, 0.15) is 11.6 Å². The topological polar surface area (TPSA) is 57.7 Å². The van der Waals surface area contributed by atoms with Crippen LogP contribution in [-0.2, 0) is 9.59 Å².